The van der Waals surface area contributed by atoms with E-state index in [0.717, 1.165) is 38.9 Å². The lowest BCUT2D eigenvalue weighted by Crippen LogP contribution is -2.43. The van der Waals surface area contributed by atoms with Crippen LogP contribution in [0.3, 0.4) is 0 Å². The van der Waals surface area contributed by atoms with Crippen molar-refractivity contribution in [1.82, 2.24) is 10.2 Å². The van der Waals surface area contributed by atoms with Gasteiger partial charge in [0.25, 0.3) is 5.69 Å². The second kappa shape index (κ2) is 8.63. The number of benzene rings is 1. The van der Waals surface area contributed by atoms with E-state index in [2.05, 4.69) is 5.32 Å². The Kier molecular flexibility index (Phi) is 6.54. The fraction of sp³-hybridized carbons (Fsp3) is 0.588. The maximum atomic E-state index is 12.5. The van der Waals surface area contributed by atoms with Crippen LogP contribution in [-0.2, 0) is 4.79 Å². The molecule has 0 radical (unpaired) electrons. The summed E-state index contributed by atoms with van der Waals surface area (Å²) >= 11 is 0. The third-order valence-electron chi connectivity index (χ3n) is 4.63. The van der Waals surface area contributed by atoms with Gasteiger partial charge in [-0.2, -0.15) is 0 Å². The monoisotopic (exact) mass is 334 g/mol. The molecule has 1 aliphatic heterocycles. The van der Waals surface area contributed by atoms with E-state index < -0.39 is 4.92 Å². The van der Waals surface area contributed by atoms with Crippen LogP contribution in [0.1, 0.15) is 19.3 Å². The first-order valence-corrected chi connectivity index (χ1v) is 8.40. The number of carbonyl (C=O) groups is 1. The lowest BCUT2D eigenvalue weighted by molar-refractivity contribution is -0.384. The highest BCUT2D eigenvalue weighted by molar-refractivity contribution is 5.82. The highest BCUT2D eigenvalue weighted by Crippen LogP contribution is 2.27. The van der Waals surface area contributed by atoms with Crippen LogP contribution >= 0.6 is 0 Å². The van der Waals surface area contributed by atoms with Crippen LogP contribution < -0.4 is 10.2 Å². The Labute approximate surface area is 142 Å². The molecular formula is C17H26N4O3. The predicted molar refractivity (Wildman–Crippen MR) is 94.2 cm³/mol. The number of likely N-dealkylation sites (tertiary alicyclic amines) is 1. The Balaban J connectivity index is 1.90. The van der Waals surface area contributed by atoms with Gasteiger partial charge in [-0.15, -0.1) is 0 Å². The van der Waals surface area contributed by atoms with Crippen molar-refractivity contribution in [2.24, 2.45) is 5.92 Å². The molecule has 24 heavy (non-hydrogen) atoms. The normalized spacial score (nSPS) is 15.3. The summed E-state index contributed by atoms with van der Waals surface area (Å²) in [6.45, 7) is 2.72. The highest BCUT2D eigenvalue weighted by atomic mass is 16.6. The molecule has 1 N–H and O–H groups in total. The summed E-state index contributed by atoms with van der Waals surface area (Å²) in [5.74, 6) is 0.706. The summed E-state index contributed by atoms with van der Waals surface area (Å²) in [6, 6.07) is 6.52. The Morgan fingerprint density at radius 3 is 2.67 bits per heavy atom. The van der Waals surface area contributed by atoms with E-state index in [1.165, 1.54) is 6.07 Å². The van der Waals surface area contributed by atoms with Crippen LogP contribution in [0.4, 0.5) is 11.4 Å². The fourth-order valence-electron chi connectivity index (χ4n) is 3.15. The smallest absolute Gasteiger partial charge is 0.292 e. The van der Waals surface area contributed by atoms with E-state index in [1.54, 1.807) is 30.1 Å². The standard InChI is InChI=1S/C17H26N4O3/c1-18-10-7-14-8-11-20(12-9-14)17(22)13-19(2)15-5-3-4-6-16(15)21(23)24/h3-6,14,18H,7-13H2,1-2H3. The molecule has 1 aromatic carbocycles. The number of nitro groups is 1. The number of hydrogen-bond acceptors (Lipinski definition) is 5. The fourth-order valence-corrected chi connectivity index (χ4v) is 3.15. The van der Waals surface area contributed by atoms with Gasteiger partial charge in [-0.1, -0.05) is 12.1 Å². The molecule has 1 aromatic rings. The Morgan fingerprint density at radius 2 is 2.04 bits per heavy atom. The molecule has 0 unspecified atom stereocenters. The van der Waals surface area contributed by atoms with Gasteiger partial charge in [0.15, 0.2) is 0 Å². The van der Waals surface area contributed by atoms with Crippen LogP contribution in [0.2, 0.25) is 0 Å². The van der Waals surface area contributed by atoms with Gasteiger partial charge in [-0.3, -0.25) is 14.9 Å². The molecule has 0 aliphatic carbocycles. The number of carbonyl (C=O) groups excluding carboxylic acids is 1. The molecule has 1 amide bonds. The third-order valence-corrected chi connectivity index (χ3v) is 4.63. The number of piperidine rings is 1. The number of amides is 1. The molecule has 1 fully saturated rings. The average Bonchev–Trinajstić information content (AvgIpc) is 2.60. The molecule has 7 heteroatoms. The van der Waals surface area contributed by atoms with Crippen molar-refractivity contribution >= 4 is 17.3 Å². The molecular weight excluding hydrogens is 308 g/mol. The number of rotatable bonds is 7. The zero-order chi connectivity index (χ0) is 17.5. The molecule has 132 valence electrons. The number of nitrogens with one attached hydrogen (secondary N) is 1. The minimum absolute atomic E-state index is 0.0265. The number of nitrogens with zero attached hydrogens (tertiary/aromatic N) is 3. The first-order valence-electron chi connectivity index (χ1n) is 8.40. The molecule has 0 saturated carbocycles. The van der Waals surface area contributed by atoms with Gasteiger partial charge in [-0.25, -0.2) is 0 Å². The van der Waals surface area contributed by atoms with Crippen LogP contribution in [-0.4, -0.2) is 56.0 Å². The van der Waals surface area contributed by atoms with E-state index in [-0.39, 0.29) is 18.1 Å². The van der Waals surface area contributed by atoms with E-state index in [4.69, 9.17) is 0 Å². The summed E-state index contributed by atoms with van der Waals surface area (Å²) in [6.07, 6.45) is 3.21. The minimum atomic E-state index is -0.413. The van der Waals surface area contributed by atoms with Crippen molar-refractivity contribution in [3.63, 3.8) is 0 Å². The Hall–Kier alpha value is -2.15. The van der Waals surface area contributed by atoms with Gasteiger partial charge in [-0.05, 0) is 44.8 Å². The quantitative estimate of drug-likeness (QED) is 0.608. The zero-order valence-corrected chi connectivity index (χ0v) is 14.4. The second-order valence-electron chi connectivity index (χ2n) is 6.32. The van der Waals surface area contributed by atoms with Crippen molar-refractivity contribution in [2.45, 2.75) is 19.3 Å². The van der Waals surface area contributed by atoms with Gasteiger partial charge in [0.2, 0.25) is 5.91 Å². The number of para-hydroxylation sites is 2. The van der Waals surface area contributed by atoms with Crippen molar-refractivity contribution in [1.29, 1.82) is 0 Å². The second-order valence-corrected chi connectivity index (χ2v) is 6.32. The zero-order valence-electron chi connectivity index (χ0n) is 14.4. The molecule has 0 aromatic heterocycles. The van der Waals surface area contributed by atoms with E-state index in [1.807, 2.05) is 11.9 Å². The Bertz CT molecular complexity index is 571. The lowest BCUT2D eigenvalue weighted by Gasteiger charge is -2.33. The molecule has 2 rings (SSSR count). The number of hydrogen-bond donors (Lipinski definition) is 1. The molecule has 1 heterocycles. The average molecular weight is 334 g/mol. The van der Waals surface area contributed by atoms with Gasteiger partial charge < -0.3 is 15.1 Å². The number of likely N-dealkylation sites (N-methyl/N-ethyl adjacent to an activating group) is 1. The SMILES string of the molecule is CNCCC1CCN(C(=O)CN(C)c2ccccc2[N+](=O)[O-])CC1. The van der Waals surface area contributed by atoms with Crippen LogP contribution in [0.25, 0.3) is 0 Å². The number of nitro benzene ring substituents is 1. The maximum Gasteiger partial charge on any atom is 0.292 e. The van der Waals surface area contributed by atoms with Crippen molar-refractivity contribution in [3.8, 4) is 0 Å². The largest absolute Gasteiger partial charge is 0.360 e. The first-order chi connectivity index (χ1) is 11.5. The molecule has 0 atom stereocenters. The van der Waals surface area contributed by atoms with Crippen molar-refractivity contribution < 1.29 is 9.72 Å². The van der Waals surface area contributed by atoms with Crippen molar-refractivity contribution in [2.75, 3.05) is 45.2 Å². The van der Waals surface area contributed by atoms with Crippen molar-refractivity contribution in [3.05, 3.63) is 34.4 Å². The predicted octanol–water partition coefficient (Wildman–Crippen LogP) is 1.88. The van der Waals surface area contributed by atoms with Crippen LogP contribution in [0, 0.1) is 16.0 Å². The lowest BCUT2D eigenvalue weighted by atomic mass is 9.93. The van der Waals surface area contributed by atoms with E-state index in [9.17, 15) is 14.9 Å². The molecule has 0 bridgehead atoms. The van der Waals surface area contributed by atoms with Gasteiger partial charge in [0, 0.05) is 26.2 Å². The highest BCUT2D eigenvalue weighted by Gasteiger charge is 2.24. The Morgan fingerprint density at radius 1 is 1.38 bits per heavy atom. The van der Waals surface area contributed by atoms with Crippen LogP contribution in [0.15, 0.2) is 24.3 Å². The summed E-state index contributed by atoms with van der Waals surface area (Å²) < 4.78 is 0. The minimum Gasteiger partial charge on any atom is -0.360 e. The maximum absolute atomic E-state index is 12.5. The molecule has 1 aliphatic rings. The number of anilines is 1. The summed E-state index contributed by atoms with van der Waals surface area (Å²) in [5, 5.41) is 14.3. The molecule has 1 saturated heterocycles. The van der Waals surface area contributed by atoms with E-state index >= 15 is 0 Å². The van der Waals surface area contributed by atoms with Gasteiger partial charge >= 0.3 is 0 Å². The summed E-state index contributed by atoms with van der Waals surface area (Å²) in [7, 11) is 3.68. The van der Waals surface area contributed by atoms with Gasteiger partial charge in [0.05, 0.1) is 11.5 Å². The topological polar surface area (TPSA) is 78.7 Å². The summed E-state index contributed by atoms with van der Waals surface area (Å²) in [4.78, 5) is 26.7. The summed E-state index contributed by atoms with van der Waals surface area (Å²) in [5.41, 5.74) is 0.498. The first kappa shape index (κ1) is 18.2. The van der Waals surface area contributed by atoms with E-state index in [0.29, 0.717) is 11.6 Å². The van der Waals surface area contributed by atoms with Gasteiger partial charge in [0.1, 0.15) is 5.69 Å². The molecule has 0 spiro atoms. The molecule has 7 nitrogen and oxygen atoms in total. The van der Waals surface area contributed by atoms with Crippen LogP contribution in [0.5, 0.6) is 0 Å². The third kappa shape index (κ3) is 4.67.